The molecule has 1 fully saturated rings. The molecule has 0 spiro atoms. The van der Waals surface area contributed by atoms with E-state index in [2.05, 4.69) is 36.3 Å². The summed E-state index contributed by atoms with van der Waals surface area (Å²) in [5.41, 5.74) is 1.03. The molecule has 2 heterocycles. The Morgan fingerprint density at radius 2 is 1.74 bits per heavy atom. The molecule has 0 bridgehead atoms. The Morgan fingerprint density at radius 1 is 1.10 bits per heavy atom. The molecule has 3 rings (SSSR count). The molecule has 1 saturated heterocycles. The number of likely N-dealkylation sites (tertiary alicyclic amines) is 1. The van der Waals surface area contributed by atoms with Crippen LogP contribution in [0.25, 0.3) is 0 Å². The van der Waals surface area contributed by atoms with Crippen LogP contribution in [-0.2, 0) is 0 Å². The molecule has 31 heavy (non-hydrogen) atoms. The van der Waals surface area contributed by atoms with Gasteiger partial charge >= 0.3 is 0 Å². The van der Waals surface area contributed by atoms with Crippen molar-refractivity contribution in [2.75, 3.05) is 39.3 Å². The zero-order valence-corrected chi connectivity index (χ0v) is 19.2. The number of fused-ring (bicyclic) bond motifs is 1. The van der Waals surface area contributed by atoms with Gasteiger partial charge in [-0.25, -0.2) is 0 Å². The summed E-state index contributed by atoms with van der Waals surface area (Å²) in [6.45, 7) is 12.0. The third-order valence-corrected chi connectivity index (χ3v) is 5.83. The van der Waals surface area contributed by atoms with Crippen molar-refractivity contribution < 1.29 is 9.59 Å². The van der Waals surface area contributed by atoms with Gasteiger partial charge < -0.3 is 15.5 Å². The fraction of sp³-hybridized carbons (Fsp3) is 0.625. The monoisotopic (exact) mass is 427 g/mol. The quantitative estimate of drug-likeness (QED) is 0.274. The third kappa shape index (κ3) is 6.29. The number of imide groups is 1. The highest BCUT2D eigenvalue weighted by atomic mass is 16.2. The number of rotatable bonds is 9. The molecule has 2 N–H and O–H groups in total. The highest BCUT2D eigenvalue weighted by Gasteiger charge is 2.34. The Morgan fingerprint density at radius 3 is 2.32 bits per heavy atom. The molecule has 7 heteroatoms. The highest BCUT2D eigenvalue weighted by molar-refractivity contribution is 6.21. The standard InChI is InChI=1S/C24H37N5O2/c1-4-25-24(27-19-11-15-28(16-12-19)17-18(2)3)26-13-7-8-14-29-22(30)20-9-5-6-10-21(20)23(29)31/h5-6,9-10,18-19H,4,7-8,11-17H2,1-3H3,(H2,25,26,27). The minimum absolute atomic E-state index is 0.178. The predicted molar refractivity (Wildman–Crippen MR) is 124 cm³/mol. The van der Waals surface area contributed by atoms with E-state index in [1.807, 2.05) is 0 Å². The van der Waals surface area contributed by atoms with Crippen molar-refractivity contribution in [2.24, 2.45) is 10.9 Å². The molecule has 2 aliphatic heterocycles. The molecule has 0 atom stereocenters. The van der Waals surface area contributed by atoms with Gasteiger partial charge in [0.2, 0.25) is 0 Å². The number of nitrogens with zero attached hydrogens (tertiary/aromatic N) is 3. The average Bonchev–Trinajstić information content (AvgIpc) is 2.99. The number of aliphatic imine (C=N–C) groups is 1. The zero-order valence-electron chi connectivity index (χ0n) is 19.2. The van der Waals surface area contributed by atoms with E-state index >= 15 is 0 Å². The van der Waals surface area contributed by atoms with E-state index in [9.17, 15) is 9.59 Å². The van der Waals surface area contributed by atoms with Crippen LogP contribution in [0.3, 0.4) is 0 Å². The molecule has 0 radical (unpaired) electrons. The normalized spacial score (nSPS) is 18.1. The van der Waals surface area contributed by atoms with E-state index in [1.54, 1.807) is 24.3 Å². The maximum Gasteiger partial charge on any atom is 0.261 e. The molecule has 7 nitrogen and oxygen atoms in total. The van der Waals surface area contributed by atoms with Crippen molar-refractivity contribution in [2.45, 2.75) is 52.5 Å². The van der Waals surface area contributed by atoms with Gasteiger partial charge in [0.25, 0.3) is 11.8 Å². The topological polar surface area (TPSA) is 77.0 Å². The van der Waals surface area contributed by atoms with E-state index in [0.717, 1.165) is 51.3 Å². The lowest BCUT2D eigenvalue weighted by molar-refractivity contribution is 0.0652. The lowest BCUT2D eigenvalue weighted by Gasteiger charge is -2.34. The zero-order chi connectivity index (χ0) is 22.2. The van der Waals surface area contributed by atoms with Crippen LogP contribution in [0.1, 0.15) is 67.2 Å². The number of guanidine groups is 1. The lowest BCUT2D eigenvalue weighted by atomic mass is 10.0. The SMILES string of the molecule is CCNC(=NCCCCN1C(=O)c2ccccc2C1=O)NC1CCN(CC(C)C)CC1. The fourth-order valence-corrected chi connectivity index (χ4v) is 4.30. The van der Waals surface area contributed by atoms with Crippen LogP contribution in [0.15, 0.2) is 29.3 Å². The van der Waals surface area contributed by atoms with Gasteiger partial charge in [-0.2, -0.15) is 0 Å². The molecular weight excluding hydrogens is 390 g/mol. The van der Waals surface area contributed by atoms with Crippen molar-refractivity contribution in [3.05, 3.63) is 35.4 Å². The van der Waals surface area contributed by atoms with Crippen LogP contribution in [0.4, 0.5) is 0 Å². The second-order valence-corrected chi connectivity index (χ2v) is 8.89. The summed E-state index contributed by atoms with van der Waals surface area (Å²) in [6, 6.07) is 7.50. The fourth-order valence-electron chi connectivity index (χ4n) is 4.30. The van der Waals surface area contributed by atoms with Gasteiger partial charge in [-0.05, 0) is 50.7 Å². The molecule has 0 aromatic heterocycles. The Hall–Kier alpha value is -2.41. The van der Waals surface area contributed by atoms with Crippen molar-refractivity contribution in [3.63, 3.8) is 0 Å². The summed E-state index contributed by atoms with van der Waals surface area (Å²) in [6.07, 6.45) is 3.85. The minimum atomic E-state index is -0.178. The van der Waals surface area contributed by atoms with Crippen LogP contribution in [0.5, 0.6) is 0 Å². The number of carbonyl (C=O) groups is 2. The second kappa shape index (κ2) is 11.3. The summed E-state index contributed by atoms with van der Waals surface area (Å²) >= 11 is 0. The molecular formula is C24H37N5O2. The third-order valence-electron chi connectivity index (χ3n) is 5.83. The minimum Gasteiger partial charge on any atom is -0.357 e. The van der Waals surface area contributed by atoms with E-state index < -0.39 is 0 Å². The number of piperidine rings is 1. The first-order valence-corrected chi connectivity index (χ1v) is 11.7. The van der Waals surface area contributed by atoms with Gasteiger partial charge in [0.15, 0.2) is 5.96 Å². The van der Waals surface area contributed by atoms with Crippen molar-refractivity contribution in [3.8, 4) is 0 Å². The van der Waals surface area contributed by atoms with Crippen LogP contribution in [-0.4, -0.2) is 72.9 Å². The van der Waals surface area contributed by atoms with E-state index in [-0.39, 0.29) is 11.8 Å². The van der Waals surface area contributed by atoms with E-state index in [4.69, 9.17) is 4.99 Å². The molecule has 0 unspecified atom stereocenters. The number of hydrogen-bond donors (Lipinski definition) is 2. The highest BCUT2D eigenvalue weighted by Crippen LogP contribution is 2.22. The number of benzene rings is 1. The largest absolute Gasteiger partial charge is 0.357 e. The van der Waals surface area contributed by atoms with E-state index in [1.165, 1.54) is 11.4 Å². The van der Waals surface area contributed by atoms with Crippen LogP contribution < -0.4 is 10.6 Å². The van der Waals surface area contributed by atoms with Crippen molar-refractivity contribution in [1.82, 2.24) is 20.4 Å². The van der Waals surface area contributed by atoms with Gasteiger partial charge in [0.1, 0.15) is 0 Å². The molecule has 0 aliphatic carbocycles. The summed E-state index contributed by atoms with van der Waals surface area (Å²) in [5, 5.41) is 6.92. The van der Waals surface area contributed by atoms with Gasteiger partial charge in [0.05, 0.1) is 11.1 Å². The van der Waals surface area contributed by atoms with Gasteiger partial charge in [0, 0.05) is 45.3 Å². The lowest BCUT2D eigenvalue weighted by Crippen LogP contribution is -2.49. The van der Waals surface area contributed by atoms with Crippen molar-refractivity contribution >= 4 is 17.8 Å². The van der Waals surface area contributed by atoms with E-state index in [0.29, 0.717) is 36.2 Å². The molecule has 2 amide bonds. The Bertz CT molecular complexity index is 749. The Balaban J connectivity index is 1.40. The summed E-state index contributed by atoms with van der Waals surface area (Å²) in [5.74, 6) is 1.22. The van der Waals surface area contributed by atoms with Crippen LogP contribution >= 0.6 is 0 Å². The molecule has 0 saturated carbocycles. The summed E-state index contributed by atoms with van der Waals surface area (Å²) < 4.78 is 0. The maximum absolute atomic E-state index is 12.4. The predicted octanol–water partition coefficient (Wildman–Crippen LogP) is 2.74. The van der Waals surface area contributed by atoms with Crippen LogP contribution in [0, 0.1) is 5.92 Å². The van der Waals surface area contributed by atoms with Gasteiger partial charge in [-0.15, -0.1) is 0 Å². The first-order chi connectivity index (χ1) is 15.0. The molecule has 1 aromatic carbocycles. The molecule has 2 aliphatic rings. The maximum atomic E-state index is 12.4. The number of unbranched alkanes of at least 4 members (excludes halogenated alkanes) is 1. The molecule has 1 aromatic rings. The first kappa shape index (κ1) is 23.3. The van der Waals surface area contributed by atoms with Gasteiger partial charge in [-0.3, -0.25) is 19.5 Å². The first-order valence-electron chi connectivity index (χ1n) is 11.7. The summed E-state index contributed by atoms with van der Waals surface area (Å²) in [4.78, 5) is 33.5. The number of nitrogens with one attached hydrogen (secondary N) is 2. The van der Waals surface area contributed by atoms with Crippen LogP contribution in [0.2, 0.25) is 0 Å². The smallest absolute Gasteiger partial charge is 0.261 e. The Kier molecular flexibility index (Phi) is 8.46. The van der Waals surface area contributed by atoms with Crippen molar-refractivity contribution in [1.29, 1.82) is 0 Å². The number of amides is 2. The number of carbonyl (C=O) groups excluding carboxylic acids is 2. The molecule has 170 valence electrons. The van der Waals surface area contributed by atoms with Gasteiger partial charge in [-0.1, -0.05) is 26.0 Å². The Labute approximate surface area is 186 Å². The second-order valence-electron chi connectivity index (χ2n) is 8.89. The summed E-state index contributed by atoms with van der Waals surface area (Å²) in [7, 11) is 0. The number of hydrogen-bond acceptors (Lipinski definition) is 4. The average molecular weight is 428 g/mol.